The van der Waals surface area contributed by atoms with Gasteiger partial charge in [0.2, 0.25) is 5.95 Å². The van der Waals surface area contributed by atoms with Gasteiger partial charge >= 0.3 is 0 Å². The highest BCUT2D eigenvalue weighted by Gasteiger charge is 2.54. The molecule has 0 atom stereocenters. The van der Waals surface area contributed by atoms with Gasteiger partial charge in [-0.2, -0.15) is 12.8 Å². The number of benzene rings is 2. The molecule has 0 unspecified atom stereocenters. The molecule has 3 aromatic rings. The maximum absolute atomic E-state index is 13.3. The fraction of sp³-hybridized carbons (Fsp3) is 0.217. The Morgan fingerprint density at radius 2 is 1.81 bits per heavy atom. The summed E-state index contributed by atoms with van der Waals surface area (Å²) in [7, 11) is -4.34. The minimum absolute atomic E-state index is 0.305. The molecule has 0 radical (unpaired) electrons. The second-order valence-electron chi connectivity index (χ2n) is 7.55. The van der Waals surface area contributed by atoms with E-state index >= 15 is 0 Å². The van der Waals surface area contributed by atoms with Gasteiger partial charge in [0.15, 0.2) is 22.1 Å². The van der Waals surface area contributed by atoms with Gasteiger partial charge in [0.1, 0.15) is 6.61 Å². The summed E-state index contributed by atoms with van der Waals surface area (Å²) in [5.74, 6) is -1.01. The maximum atomic E-state index is 13.3. The highest BCUT2D eigenvalue weighted by atomic mass is 32.2. The third-order valence-electron chi connectivity index (χ3n) is 4.95. The summed E-state index contributed by atoms with van der Waals surface area (Å²) >= 11 is 0. The van der Waals surface area contributed by atoms with Crippen molar-refractivity contribution in [3.05, 3.63) is 83.8 Å². The average Bonchev–Trinajstić information content (AvgIpc) is 3.54. The highest BCUT2D eigenvalue weighted by Crippen LogP contribution is 2.44. The second-order valence-corrected chi connectivity index (χ2v) is 9.18. The van der Waals surface area contributed by atoms with Crippen molar-refractivity contribution < 1.29 is 27.1 Å². The van der Waals surface area contributed by atoms with Gasteiger partial charge in [-0.15, -0.1) is 0 Å². The predicted octanol–water partition coefficient (Wildman–Crippen LogP) is 3.52. The predicted molar refractivity (Wildman–Crippen MR) is 114 cm³/mol. The van der Waals surface area contributed by atoms with E-state index in [2.05, 4.69) is 4.98 Å². The van der Waals surface area contributed by atoms with E-state index in [0.29, 0.717) is 30.9 Å². The molecule has 0 spiro atoms. The maximum Gasteiger partial charge on any atom is 0.281 e. The topological polar surface area (TPSA) is 94.6 Å². The molecule has 0 aliphatic heterocycles. The Labute approximate surface area is 185 Å². The molecular formula is C23H21FN2O5S. The van der Waals surface area contributed by atoms with Gasteiger partial charge in [0.05, 0.1) is 0 Å². The lowest BCUT2D eigenvalue weighted by molar-refractivity contribution is -0.128. The van der Waals surface area contributed by atoms with E-state index in [1.807, 2.05) is 48.0 Å². The smallest absolute Gasteiger partial charge is 0.281 e. The molecule has 1 fully saturated rings. The average molecular weight is 456 g/mol. The molecule has 1 aliphatic carbocycles. The Hall–Kier alpha value is -3.46. The molecule has 1 saturated carbocycles. The lowest BCUT2D eigenvalue weighted by Gasteiger charge is -2.20. The van der Waals surface area contributed by atoms with Crippen LogP contribution in [0.5, 0.6) is 11.5 Å². The monoisotopic (exact) mass is 456 g/mol. The fourth-order valence-corrected chi connectivity index (χ4v) is 4.06. The first-order valence-corrected chi connectivity index (χ1v) is 11.4. The molecule has 1 aromatic heterocycles. The number of sulfonamides is 1. The zero-order chi connectivity index (χ0) is 22.8. The van der Waals surface area contributed by atoms with E-state index in [9.17, 15) is 17.6 Å². The number of aromatic nitrogens is 1. The number of amides is 1. The largest absolute Gasteiger partial charge is 0.485 e. The zero-order valence-electron chi connectivity index (χ0n) is 17.2. The molecule has 0 saturated heterocycles. The minimum atomic E-state index is -4.34. The van der Waals surface area contributed by atoms with Gasteiger partial charge in [-0.05, 0) is 42.3 Å². The van der Waals surface area contributed by atoms with Crippen LogP contribution >= 0.6 is 0 Å². The number of hydrogen-bond acceptors (Lipinski definition) is 6. The first-order valence-electron chi connectivity index (χ1n) is 9.94. The van der Waals surface area contributed by atoms with Crippen molar-refractivity contribution in [2.45, 2.75) is 37.0 Å². The molecule has 9 heteroatoms. The van der Waals surface area contributed by atoms with E-state index in [0.717, 1.165) is 23.3 Å². The Kier molecular flexibility index (Phi) is 5.84. The molecule has 1 amide bonds. The number of hydrogen-bond donors (Lipinski definition) is 1. The van der Waals surface area contributed by atoms with Crippen LogP contribution in [-0.4, -0.2) is 24.9 Å². The number of pyridine rings is 1. The van der Waals surface area contributed by atoms with Crippen molar-refractivity contribution in [2.24, 2.45) is 0 Å². The number of carbonyl (C=O) groups excluding carboxylic acids is 1. The third-order valence-corrected chi connectivity index (χ3v) is 6.18. The summed E-state index contributed by atoms with van der Waals surface area (Å²) in [6.45, 7) is 2.17. The van der Waals surface area contributed by atoms with Crippen LogP contribution in [0, 0.1) is 12.9 Å². The van der Waals surface area contributed by atoms with E-state index in [-0.39, 0.29) is 0 Å². The van der Waals surface area contributed by atoms with Crippen LogP contribution < -0.4 is 14.2 Å². The molecule has 32 heavy (non-hydrogen) atoms. The number of halogens is 1. The van der Waals surface area contributed by atoms with Crippen LogP contribution in [0.15, 0.2) is 71.8 Å². The lowest BCUT2D eigenvalue weighted by Crippen LogP contribution is -2.43. The van der Waals surface area contributed by atoms with E-state index < -0.39 is 32.5 Å². The lowest BCUT2D eigenvalue weighted by atomic mass is 10.2. The number of nitrogens with one attached hydrogen (secondary N) is 1. The number of nitrogens with zero attached hydrogens (tertiary/aromatic N) is 1. The Morgan fingerprint density at radius 1 is 1.06 bits per heavy atom. The Bertz CT molecular complexity index is 1240. The number of ether oxygens (including phenoxy) is 2. The SMILES string of the molecule is Cc1ccc(OCc2ccccc2)c(OC2(C(=O)NS(=O)(=O)c3cccc(F)n3)CC2)c1. The van der Waals surface area contributed by atoms with E-state index in [1.54, 1.807) is 12.1 Å². The Balaban J connectivity index is 1.51. The molecule has 7 nitrogen and oxygen atoms in total. The van der Waals surface area contributed by atoms with Crippen LogP contribution in [-0.2, 0) is 21.4 Å². The summed E-state index contributed by atoms with van der Waals surface area (Å²) in [5.41, 5.74) is 0.505. The van der Waals surface area contributed by atoms with Crippen molar-refractivity contribution >= 4 is 15.9 Å². The molecule has 0 bridgehead atoms. The molecule has 2 aromatic carbocycles. The molecule has 1 aliphatic rings. The summed E-state index contributed by atoms with van der Waals surface area (Å²) in [6, 6.07) is 18.2. The van der Waals surface area contributed by atoms with Gasteiger partial charge in [-0.25, -0.2) is 9.71 Å². The van der Waals surface area contributed by atoms with Crippen molar-refractivity contribution in [1.29, 1.82) is 0 Å². The van der Waals surface area contributed by atoms with Gasteiger partial charge in [-0.3, -0.25) is 4.79 Å². The van der Waals surface area contributed by atoms with E-state index in [4.69, 9.17) is 9.47 Å². The summed E-state index contributed by atoms with van der Waals surface area (Å²) < 4.78 is 52.1. The number of aryl methyl sites for hydroxylation is 1. The van der Waals surface area contributed by atoms with Crippen molar-refractivity contribution in [3.63, 3.8) is 0 Å². The molecular weight excluding hydrogens is 435 g/mol. The molecule has 166 valence electrons. The second kappa shape index (κ2) is 8.58. The fourth-order valence-electron chi connectivity index (χ4n) is 3.06. The highest BCUT2D eigenvalue weighted by molar-refractivity contribution is 7.90. The van der Waals surface area contributed by atoms with Crippen LogP contribution in [0.2, 0.25) is 0 Å². The minimum Gasteiger partial charge on any atom is -0.485 e. The van der Waals surface area contributed by atoms with Crippen molar-refractivity contribution in [2.75, 3.05) is 0 Å². The first kappa shape index (κ1) is 21.8. The number of carbonyl (C=O) groups is 1. The summed E-state index contributed by atoms with van der Waals surface area (Å²) in [6.07, 6.45) is 0.661. The van der Waals surface area contributed by atoms with Crippen LogP contribution in [0.25, 0.3) is 0 Å². The summed E-state index contributed by atoms with van der Waals surface area (Å²) in [5, 5.41) is -0.580. The summed E-state index contributed by atoms with van der Waals surface area (Å²) in [4.78, 5) is 16.1. The zero-order valence-corrected chi connectivity index (χ0v) is 18.1. The van der Waals surface area contributed by atoms with Gasteiger partial charge < -0.3 is 9.47 Å². The van der Waals surface area contributed by atoms with Gasteiger partial charge in [0, 0.05) is 12.8 Å². The van der Waals surface area contributed by atoms with Gasteiger partial charge in [0.25, 0.3) is 15.9 Å². The standard InChI is InChI=1S/C23H21FN2O5S/c1-16-10-11-18(30-15-17-6-3-2-4-7-17)19(14-16)31-23(12-13-23)22(27)26-32(28,29)21-9-5-8-20(24)25-21/h2-11,14H,12-13,15H2,1H3,(H,26,27). The third kappa shape index (κ3) is 4.88. The quantitative estimate of drug-likeness (QED) is 0.521. The van der Waals surface area contributed by atoms with E-state index in [1.165, 1.54) is 6.07 Å². The number of rotatable bonds is 8. The van der Waals surface area contributed by atoms with Crippen LogP contribution in [0.3, 0.4) is 0 Å². The van der Waals surface area contributed by atoms with Crippen molar-refractivity contribution in [3.8, 4) is 11.5 Å². The van der Waals surface area contributed by atoms with Crippen molar-refractivity contribution in [1.82, 2.24) is 9.71 Å². The normalized spacial score (nSPS) is 14.4. The molecule has 1 heterocycles. The molecule has 4 rings (SSSR count). The van der Waals surface area contributed by atoms with Gasteiger partial charge in [-0.1, -0.05) is 42.5 Å². The van der Waals surface area contributed by atoms with Crippen LogP contribution in [0.1, 0.15) is 24.0 Å². The van der Waals surface area contributed by atoms with Crippen LogP contribution in [0.4, 0.5) is 4.39 Å². The molecule has 1 N–H and O–H groups in total. The Morgan fingerprint density at radius 3 is 2.50 bits per heavy atom. The first-order chi connectivity index (χ1) is 15.3.